The highest BCUT2D eigenvalue weighted by Gasteiger charge is 2.33. The van der Waals surface area contributed by atoms with Gasteiger partial charge in [0, 0.05) is 39.3 Å². The lowest BCUT2D eigenvalue weighted by Gasteiger charge is -2.39. The predicted octanol–water partition coefficient (Wildman–Crippen LogP) is 1.67. The molecule has 1 aromatic rings. The summed E-state index contributed by atoms with van der Waals surface area (Å²) in [7, 11) is -3.89. The van der Waals surface area contributed by atoms with Gasteiger partial charge in [-0.2, -0.15) is 4.31 Å². The number of likely N-dealkylation sites (tertiary alicyclic amines) is 1. The lowest BCUT2D eigenvalue weighted by atomic mass is 10.1. The number of sulfonamides is 1. The molecule has 1 unspecified atom stereocenters. The van der Waals surface area contributed by atoms with Crippen molar-refractivity contribution in [2.75, 3.05) is 39.3 Å². The second kappa shape index (κ2) is 8.20. The van der Waals surface area contributed by atoms with E-state index in [0.717, 1.165) is 44.5 Å². The lowest BCUT2D eigenvalue weighted by molar-refractivity contribution is -0.137. The van der Waals surface area contributed by atoms with Gasteiger partial charge in [0.2, 0.25) is 15.9 Å². The molecule has 3 rings (SSSR count). The van der Waals surface area contributed by atoms with Crippen LogP contribution in [0.3, 0.4) is 0 Å². The van der Waals surface area contributed by atoms with Crippen LogP contribution in [0, 0.1) is 11.6 Å². The molecular weight excluding hydrogens is 376 g/mol. The summed E-state index contributed by atoms with van der Waals surface area (Å²) in [6, 6.07) is 2.30. The Morgan fingerprint density at radius 1 is 0.963 bits per heavy atom. The molecule has 1 aromatic carbocycles. The van der Waals surface area contributed by atoms with E-state index >= 15 is 0 Å². The highest BCUT2D eigenvalue weighted by atomic mass is 32.2. The summed E-state index contributed by atoms with van der Waals surface area (Å²) >= 11 is 0. The molecule has 1 amide bonds. The van der Waals surface area contributed by atoms with Gasteiger partial charge in [0.1, 0.15) is 0 Å². The molecule has 0 spiro atoms. The number of nitrogens with zero attached hydrogens (tertiary/aromatic N) is 3. The summed E-state index contributed by atoms with van der Waals surface area (Å²) in [6.07, 6.45) is 3.20. The third-order valence-electron chi connectivity index (χ3n) is 5.37. The molecule has 1 atom stereocenters. The van der Waals surface area contributed by atoms with Crippen LogP contribution in [0.5, 0.6) is 0 Å². The van der Waals surface area contributed by atoms with Crippen LogP contribution >= 0.6 is 0 Å². The summed E-state index contributed by atoms with van der Waals surface area (Å²) in [5.74, 6) is -2.18. The SMILES string of the molecule is CC(C(=O)N1CCCCC1)N1CCN(S(=O)(=O)c2ccc(F)c(F)c2)CC1. The molecule has 6 nitrogen and oxygen atoms in total. The van der Waals surface area contributed by atoms with Crippen molar-refractivity contribution in [1.82, 2.24) is 14.1 Å². The number of amides is 1. The van der Waals surface area contributed by atoms with E-state index in [0.29, 0.717) is 19.2 Å². The highest BCUT2D eigenvalue weighted by Crippen LogP contribution is 2.21. The maximum atomic E-state index is 13.4. The highest BCUT2D eigenvalue weighted by molar-refractivity contribution is 7.89. The molecule has 27 heavy (non-hydrogen) atoms. The monoisotopic (exact) mass is 401 g/mol. The molecule has 2 aliphatic rings. The Bertz CT molecular complexity index is 789. The van der Waals surface area contributed by atoms with Crippen molar-refractivity contribution in [3.63, 3.8) is 0 Å². The molecule has 0 radical (unpaired) electrons. The van der Waals surface area contributed by atoms with Crippen LogP contribution in [-0.4, -0.2) is 73.7 Å². The molecule has 2 heterocycles. The summed E-state index contributed by atoms with van der Waals surface area (Å²) in [6.45, 7) is 4.68. The molecule has 2 aliphatic heterocycles. The van der Waals surface area contributed by atoms with Gasteiger partial charge in [0.25, 0.3) is 0 Å². The van der Waals surface area contributed by atoms with Gasteiger partial charge in [-0.15, -0.1) is 0 Å². The number of piperidine rings is 1. The Labute approximate surface area is 158 Å². The molecule has 0 saturated carbocycles. The predicted molar refractivity (Wildman–Crippen MR) is 96.6 cm³/mol. The number of benzene rings is 1. The summed E-state index contributed by atoms with van der Waals surface area (Å²) in [5.41, 5.74) is 0. The number of hydrogen-bond acceptors (Lipinski definition) is 4. The van der Waals surface area contributed by atoms with Crippen molar-refractivity contribution in [3.8, 4) is 0 Å². The second-order valence-electron chi connectivity index (χ2n) is 7.08. The van der Waals surface area contributed by atoms with Gasteiger partial charge in [0.15, 0.2) is 11.6 Å². The fourth-order valence-corrected chi connectivity index (χ4v) is 5.09. The van der Waals surface area contributed by atoms with Crippen LogP contribution < -0.4 is 0 Å². The summed E-state index contributed by atoms with van der Waals surface area (Å²) < 4.78 is 53.0. The first-order valence-corrected chi connectivity index (χ1v) is 10.7. The minimum absolute atomic E-state index is 0.0895. The number of halogens is 2. The largest absolute Gasteiger partial charge is 0.341 e. The van der Waals surface area contributed by atoms with Gasteiger partial charge >= 0.3 is 0 Å². The minimum Gasteiger partial charge on any atom is -0.341 e. The second-order valence-corrected chi connectivity index (χ2v) is 9.02. The normalized spacial score (nSPS) is 21.2. The Morgan fingerprint density at radius 3 is 2.19 bits per heavy atom. The van der Waals surface area contributed by atoms with Gasteiger partial charge in [-0.25, -0.2) is 17.2 Å². The van der Waals surface area contributed by atoms with Crippen LogP contribution in [0.2, 0.25) is 0 Å². The fourth-order valence-electron chi connectivity index (χ4n) is 3.65. The maximum absolute atomic E-state index is 13.4. The lowest BCUT2D eigenvalue weighted by Crippen LogP contribution is -2.55. The molecule has 2 saturated heterocycles. The van der Waals surface area contributed by atoms with Gasteiger partial charge < -0.3 is 4.90 Å². The minimum atomic E-state index is -3.89. The van der Waals surface area contributed by atoms with Crippen molar-refractivity contribution in [1.29, 1.82) is 0 Å². The average Bonchev–Trinajstić information content (AvgIpc) is 2.69. The molecule has 0 aliphatic carbocycles. The van der Waals surface area contributed by atoms with Gasteiger partial charge in [-0.05, 0) is 44.4 Å². The standard InChI is InChI=1S/C18H25F2N3O3S/c1-14(18(24)22-7-3-2-4-8-22)21-9-11-23(12-10-21)27(25,26)15-5-6-16(19)17(20)13-15/h5-6,13-14H,2-4,7-12H2,1H3. The summed E-state index contributed by atoms with van der Waals surface area (Å²) in [4.78, 5) is 16.3. The van der Waals surface area contributed by atoms with Crippen molar-refractivity contribution >= 4 is 15.9 Å². The first-order chi connectivity index (χ1) is 12.8. The van der Waals surface area contributed by atoms with Gasteiger partial charge in [-0.3, -0.25) is 9.69 Å². The van der Waals surface area contributed by atoms with E-state index in [1.807, 2.05) is 16.7 Å². The van der Waals surface area contributed by atoms with Crippen molar-refractivity contribution in [3.05, 3.63) is 29.8 Å². The van der Waals surface area contributed by atoms with E-state index in [9.17, 15) is 22.0 Å². The van der Waals surface area contributed by atoms with Crippen LogP contribution in [0.15, 0.2) is 23.1 Å². The number of rotatable bonds is 4. The van der Waals surface area contributed by atoms with E-state index in [1.54, 1.807) is 0 Å². The molecule has 9 heteroatoms. The quantitative estimate of drug-likeness (QED) is 0.770. The zero-order valence-electron chi connectivity index (χ0n) is 15.4. The van der Waals surface area contributed by atoms with Crippen molar-refractivity contribution in [2.24, 2.45) is 0 Å². The van der Waals surface area contributed by atoms with Crippen LogP contribution in [0.25, 0.3) is 0 Å². The molecule has 0 aromatic heterocycles. The van der Waals surface area contributed by atoms with Gasteiger partial charge in [-0.1, -0.05) is 0 Å². The van der Waals surface area contributed by atoms with E-state index in [-0.39, 0.29) is 29.9 Å². The summed E-state index contributed by atoms with van der Waals surface area (Å²) in [5, 5.41) is 0. The maximum Gasteiger partial charge on any atom is 0.243 e. The van der Waals surface area contributed by atoms with E-state index < -0.39 is 21.7 Å². The third kappa shape index (κ3) is 4.30. The molecule has 0 bridgehead atoms. The third-order valence-corrected chi connectivity index (χ3v) is 7.27. The fraction of sp³-hybridized carbons (Fsp3) is 0.611. The molecule has 0 N–H and O–H groups in total. The first kappa shape index (κ1) is 20.2. The Hall–Kier alpha value is -1.58. The van der Waals surface area contributed by atoms with Crippen molar-refractivity contribution in [2.45, 2.75) is 37.1 Å². The smallest absolute Gasteiger partial charge is 0.243 e. The Morgan fingerprint density at radius 2 is 1.59 bits per heavy atom. The van der Waals surface area contributed by atoms with Crippen LogP contribution in [0.1, 0.15) is 26.2 Å². The topological polar surface area (TPSA) is 60.9 Å². The van der Waals surface area contributed by atoms with E-state index in [4.69, 9.17) is 0 Å². The number of piperazine rings is 1. The molecular formula is C18H25F2N3O3S. The Balaban J connectivity index is 1.62. The first-order valence-electron chi connectivity index (χ1n) is 9.29. The zero-order valence-corrected chi connectivity index (χ0v) is 16.2. The van der Waals surface area contributed by atoms with Crippen molar-refractivity contribution < 1.29 is 22.0 Å². The van der Waals surface area contributed by atoms with Gasteiger partial charge in [0.05, 0.1) is 10.9 Å². The zero-order chi connectivity index (χ0) is 19.6. The number of hydrogen-bond donors (Lipinski definition) is 0. The van der Waals surface area contributed by atoms with Crippen LogP contribution in [0.4, 0.5) is 8.78 Å². The molecule has 150 valence electrons. The number of carbonyl (C=O) groups is 1. The van der Waals surface area contributed by atoms with E-state index in [2.05, 4.69) is 0 Å². The molecule has 2 fully saturated rings. The van der Waals surface area contributed by atoms with E-state index in [1.165, 1.54) is 4.31 Å². The Kier molecular flexibility index (Phi) is 6.12. The van der Waals surface area contributed by atoms with Crippen LogP contribution in [-0.2, 0) is 14.8 Å². The average molecular weight is 401 g/mol. The number of carbonyl (C=O) groups excluding carboxylic acids is 1.